The van der Waals surface area contributed by atoms with Gasteiger partial charge < -0.3 is 10.4 Å². The zero-order valence-electron chi connectivity index (χ0n) is 12.4. The molecule has 2 unspecified atom stereocenters. The minimum absolute atomic E-state index is 0.283. The van der Waals surface area contributed by atoms with Crippen LogP contribution in [0.25, 0.3) is 0 Å². The molecule has 0 aliphatic carbocycles. The Bertz CT molecular complexity index is 339. The predicted molar refractivity (Wildman–Crippen MR) is 85.9 cm³/mol. The van der Waals surface area contributed by atoms with E-state index in [-0.39, 0.29) is 6.61 Å². The molecule has 0 bridgehead atoms. The molecule has 0 amide bonds. The molecule has 0 aliphatic rings. The van der Waals surface area contributed by atoms with Crippen molar-refractivity contribution in [1.29, 1.82) is 0 Å². The van der Waals surface area contributed by atoms with E-state index in [1.54, 1.807) is 0 Å². The van der Waals surface area contributed by atoms with E-state index in [1.165, 1.54) is 11.1 Å². The third-order valence-corrected chi connectivity index (χ3v) is 4.65. The summed E-state index contributed by atoms with van der Waals surface area (Å²) in [6.45, 7) is 7.78. The largest absolute Gasteiger partial charge is 0.396 e. The summed E-state index contributed by atoms with van der Waals surface area (Å²) < 4.78 is 0. The van der Waals surface area contributed by atoms with Gasteiger partial charge in [-0.2, -0.15) is 11.8 Å². The van der Waals surface area contributed by atoms with Crippen LogP contribution in [-0.4, -0.2) is 29.3 Å². The fraction of sp³-hybridized carbons (Fsp3) is 0.625. The van der Waals surface area contributed by atoms with Crippen molar-refractivity contribution in [1.82, 2.24) is 5.32 Å². The maximum Gasteiger partial charge on any atom is 0.0441 e. The van der Waals surface area contributed by atoms with Gasteiger partial charge in [-0.3, -0.25) is 0 Å². The molecule has 2 N–H and O–H groups in total. The van der Waals surface area contributed by atoms with Crippen LogP contribution in [0.1, 0.15) is 44.4 Å². The van der Waals surface area contributed by atoms with Gasteiger partial charge >= 0.3 is 0 Å². The van der Waals surface area contributed by atoms with Gasteiger partial charge in [0.1, 0.15) is 0 Å². The normalized spacial score (nSPS) is 14.3. The van der Waals surface area contributed by atoms with Gasteiger partial charge in [0.2, 0.25) is 0 Å². The van der Waals surface area contributed by atoms with Gasteiger partial charge in [0.25, 0.3) is 0 Å². The SMILES string of the molecule is CCNC(CSC(C)CCO)c1ccc(CC)cc1. The van der Waals surface area contributed by atoms with Crippen LogP contribution in [-0.2, 0) is 6.42 Å². The van der Waals surface area contributed by atoms with E-state index in [0.29, 0.717) is 11.3 Å². The van der Waals surface area contributed by atoms with E-state index in [9.17, 15) is 0 Å². The Morgan fingerprint density at radius 2 is 1.89 bits per heavy atom. The van der Waals surface area contributed by atoms with Crippen molar-refractivity contribution in [2.24, 2.45) is 0 Å². The molecule has 0 saturated heterocycles. The van der Waals surface area contributed by atoms with Gasteiger partial charge in [-0.25, -0.2) is 0 Å². The number of thioether (sulfide) groups is 1. The monoisotopic (exact) mass is 281 g/mol. The number of aryl methyl sites for hydroxylation is 1. The molecule has 0 aliphatic heterocycles. The van der Waals surface area contributed by atoms with Crippen LogP contribution in [0.15, 0.2) is 24.3 Å². The second-order valence-corrected chi connectivity index (χ2v) is 6.33. The molecule has 0 aromatic heterocycles. The van der Waals surface area contributed by atoms with Crippen molar-refractivity contribution in [2.75, 3.05) is 18.9 Å². The highest BCUT2D eigenvalue weighted by Crippen LogP contribution is 2.23. The molecule has 2 atom stereocenters. The van der Waals surface area contributed by atoms with Crippen LogP contribution >= 0.6 is 11.8 Å². The van der Waals surface area contributed by atoms with Gasteiger partial charge in [-0.1, -0.05) is 45.0 Å². The summed E-state index contributed by atoms with van der Waals surface area (Å²) in [6.07, 6.45) is 1.97. The Balaban J connectivity index is 2.59. The van der Waals surface area contributed by atoms with Crippen molar-refractivity contribution in [2.45, 2.75) is 44.9 Å². The molecule has 19 heavy (non-hydrogen) atoms. The summed E-state index contributed by atoms with van der Waals surface area (Å²) in [7, 11) is 0. The van der Waals surface area contributed by atoms with Gasteiger partial charge in [-0.05, 0) is 30.5 Å². The van der Waals surface area contributed by atoms with Crippen LogP contribution < -0.4 is 5.32 Å². The standard InChI is InChI=1S/C16H27NOS/c1-4-14-6-8-15(9-7-14)16(17-5-2)12-19-13(3)10-11-18/h6-9,13,16-18H,4-5,10-12H2,1-3H3. The average molecular weight is 281 g/mol. The van der Waals surface area contributed by atoms with Crippen molar-refractivity contribution in [3.05, 3.63) is 35.4 Å². The van der Waals surface area contributed by atoms with Crippen molar-refractivity contribution in [3.8, 4) is 0 Å². The Labute approximate surface area is 122 Å². The minimum atomic E-state index is 0.283. The molecular formula is C16H27NOS. The Morgan fingerprint density at radius 1 is 1.21 bits per heavy atom. The van der Waals surface area contributed by atoms with Crippen molar-refractivity contribution in [3.63, 3.8) is 0 Å². The summed E-state index contributed by atoms with van der Waals surface area (Å²) in [5.41, 5.74) is 2.75. The number of aliphatic hydroxyl groups excluding tert-OH is 1. The molecule has 0 heterocycles. The quantitative estimate of drug-likeness (QED) is 0.727. The number of benzene rings is 1. The first-order valence-electron chi connectivity index (χ1n) is 7.25. The number of hydrogen-bond donors (Lipinski definition) is 2. The van der Waals surface area contributed by atoms with E-state index in [1.807, 2.05) is 11.8 Å². The van der Waals surface area contributed by atoms with Crippen LogP contribution in [0.4, 0.5) is 0 Å². The molecule has 0 saturated carbocycles. The summed E-state index contributed by atoms with van der Waals surface area (Å²) >= 11 is 1.93. The third kappa shape index (κ3) is 5.98. The Morgan fingerprint density at radius 3 is 2.42 bits per heavy atom. The molecule has 1 aromatic carbocycles. The number of aliphatic hydroxyl groups is 1. The zero-order valence-corrected chi connectivity index (χ0v) is 13.2. The Hall–Kier alpha value is -0.510. The van der Waals surface area contributed by atoms with Crippen molar-refractivity contribution < 1.29 is 5.11 Å². The van der Waals surface area contributed by atoms with Gasteiger partial charge in [0, 0.05) is 23.7 Å². The third-order valence-electron chi connectivity index (χ3n) is 3.32. The van der Waals surface area contributed by atoms with Crippen LogP contribution in [0, 0.1) is 0 Å². The molecule has 3 heteroatoms. The van der Waals surface area contributed by atoms with Crippen LogP contribution in [0.2, 0.25) is 0 Å². The maximum atomic E-state index is 8.95. The molecule has 1 aromatic rings. The van der Waals surface area contributed by atoms with E-state index in [0.717, 1.165) is 25.1 Å². The molecule has 108 valence electrons. The van der Waals surface area contributed by atoms with Crippen molar-refractivity contribution >= 4 is 11.8 Å². The van der Waals surface area contributed by atoms with Gasteiger partial charge in [-0.15, -0.1) is 0 Å². The van der Waals surface area contributed by atoms with Gasteiger partial charge in [0.15, 0.2) is 0 Å². The predicted octanol–water partition coefficient (Wildman–Crippen LogP) is 3.40. The lowest BCUT2D eigenvalue weighted by Gasteiger charge is -2.20. The second-order valence-electron chi connectivity index (χ2n) is 4.86. The van der Waals surface area contributed by atoms with Crippen LogP contribution in [0.5, 0.6) is 0 Å². The van der Waals surface area contributed by atoms with Crippen LogP contribution in [0.3, 0.4) is 0 Å². The topological polar surface area (TPSA) is 32.3 Å². The molecule has 1 rings (SSSR count). The highest BCUT2D eigenvalue weighted by Gasteiger charge is 2.12. The first-order valence-corrected chi connectivity index (χ1v) is 8.30. The first-order chi connectivity index (χ1) is 9.21. The smallest absolute Gasteiger partial charge is 0.0441 e. The van der Waals surface area contributed by atoms with Gasteiger partial charge in [0.05, 0.1) is 0 Å². The number of hydrogen-bond acceptors (Lipinski definition) is 3. The molecule has 0 fully saturated rings. The first kappa shape index (κ1) is 16.5. The fourth-order valence-corrected chi connectivity index (χ4v) is 3.13. The lowest BCUT2D eigenvalue weighted by molar-refractivity contribution is 0.289. The highest BCUT2D eigenvalue weighted by atomic mass is 32.2. The highest BCUT2D eigenvalue weighted by molar-refractivity contribution is 7.99. The molecule has 2 nitrogen and oxygen atoms in total. The zero-order chi connectivity index (χ0) is 14.1. The van der Waals surface area contributed by atoms with E-state index >= 15 is 0 Å². The summed E-state index contributed by atoms with van der Waals surface area (Å²) in [4.78, 5) is 0. The molecule has 0 spiro atoms. The molecule has 0 radical (unpaired) electrons. The second kappa shape index (κ2) is 9.40. The van der Waals surface area contributed by atoms with E-state index in [2.05, 4.69) is 50.4 Å². The summed E-state index contributed by atoms with van der Waals surface area (Å²) in [6, 6.07) is 9.33. The van der Waals surface area contributed by atoms with E-state index in [4.69, 9.17) is 5.11 Å². The molecular weight excluding hydrogens is 254 g/mol. The summed E-state index contributed by atoms with van der Waals surface area (Å²) in [5.74, 6) is 1.06. The van der Waals surface area contributed by atoms with E-state index < -0.39 is 0 Å². The number of nitrogens with one attached hydrogen (secondary N) is 1. The Kier molecular flexibility index (Phi) is 8.19. The lowest BCUT2D eigenvalue weighted by atomic mass is 10.0. The number of rotatable bonds is 9. The maximum absolute atomic E-state index is 8.95. The lowest BCUT2D eigenvalue weighted by Crippen LogP contribution is -2.23. The minimum Gasteiger partial charge on any atom is -0.396 e. The average Bonchev–Trinajstić information content (AvgIpc) is 2.44. The summed E-state index contributed by atoms with van der Waals surface area (Å²) in [5, 5.41) is 13.0. The fourth-order valence-electron chi connectivity index (χ4n) is 2.03.